The van der Waals surface area contributed by atoms with Gasteiger partial charge in [0, 0.05) is 15.1 Å². The summed E-state index contributed by atoms with van der Waals surface area (Å²) in [5, 5.41) is 7.62. The average Bonchev–Trinajstić information content (AvgIpc) is 2.75. The standard InChI is InChI=1S/C13H11ClINOS/c1-8-6-18-7-9(8)5-16-13(17)11-4-10(14)2-3-12(11)15/h2-4,6-7H,5H2,1H3,(H,16,17). The maximum Gasteiger partial charge on any atom is 0.252 e. The number of thiophene rings is 1. The summed E-state index contributed by atoms with van der Waals surface area (Å²) >= 11 is 9.68. The van der Waals surface area contributed by atoms with Crippen molar-refractivity contribution in [2.45, 2.75) is 13.5 Å². The van der Waals surface area contributed by atoms with E-state index in [0.29, 0.717) is 17.1 Å². The van der Waals surface area contributed by atoms with Crippen LogP contribution in [0.3, 0.4) is 0 Å². The Labute approximate surface area is 129 Å². The molecule has 1 aromatic carbocycles. The van der Waals surface area contributed by atoms with E-state index in [1.165, 1.54) is 5.56 Å². The zero-order valence-corrected chi connectivity index (χ0v) is 13.4. The number of hydrogen-bond acceptors (Lipinski definition) is 2. The number of halogens is 2. The van der Waals surface area contributed by atoms with Gasteiger partial charge in [0.15, 0.2) is 0 Å². The summed E-state index contributed by atoms with van der Waals surface area (Å²) < 4.78 is 0.900. The monoisotopic (exact) mass is 391 g/mol. The fraction of sp³-hybridized carbons (Fsp3) is 0.154. The van der Waals surface area contributed by atoms with Crippen molar-refractivity contribution in [3.63, 3.8) is 0 Å². The first-order chi connectivity index (χ1) is 8.58. The van der Waals surface area contributed by atoms with E-state index < -0.39 is 0 Å². The number of nitrogens with one attached hydrogen (secondary N) is 1. The van der Waals surface area contributed by atoms with Crippen LogP contribution in [0, 0.1) is 10.5 Å². The Morgan fingerprint density at radius 3 is 2.89 bits per heavy atom. The molecule has 2 nitrogen and oxygen atoms in total. The predicted octanol–water partition coefficient (Wildman–Crippen LogP) is 4.24. The minimum atomic E-state index is -0.0903. The molecule has 0 bridgehead atoms. The zero-order chi connectivity index (χ0) is 13.1. The molecule has 0 aliphatic carbocycles. The van der Waals surface area contributed by atoms with E-state index in [9.17, 15) is 4.79 Å². The molecule has 1 heterocycles. The third kappa shape index (κ3) is 3.24. The van der Waals surface area contributed by atoms with Crippen molar-refractivity contribution < 1.29 is 4.79 Å². The van der Waals surface area contributed by atoms with Crippen LogP contribution in [0.15, 0.2) is 29.0 Å². The van der Waals surface area contributed by atoms with Crippen LogP contribution in [0.5, 0.6) is 0 Å². The van der Waals surface area contributed by atoms with Crippen LogP contribution in [0.1, 0.15) is 21.5 Å². The molecule has 0 radical (unpaired) electrons. The van der Waals surface area contributed by atoms with Gasteiger partial charge in [-0.2, -0.15) is 11.3 Å². The van der Waals surface area contributed by atoms with E-state index in [0.717, 1.165) is 9.13 Å². The highest BCUT2D eigenvalue weighted by atomic mass is 127. The van der Waals surface area contributed by atoms with Crippen LogP contribution < -0.4 is 5.32 Å². The summed E-state index contributed by atoms with van der Waals surface area (Å²) in [5.41, 5.74) is 2.99. The van der Waals surface area contributed by atoms with Crippen LogP contribution in [0.2, 0.25) is 5.02 Å². The number of carbonyl (C=O) groups is 1. The topological polar surface area (TPSA) is 29.1 Å². The van der Waals surface area contributed by atoms with Crippen molar-refractivity contribution in [2.24, 2.45) is 0 Å². The lowest BCUT2D eigenvalue weighted by Gasteiger charge is -2.07. The van der Waals surface area contributed by atoms with Gasteiger partial charge in [0.05, 0.1) is 5.56 Å². The SMILES string of the molecule is Cc1cscc1CNC(=O)c1cc(Cl)ccc1I. The minimum absolute atomic E-state index is 0.0903. The Kier molecular flexibility index (Phi) is 4.64. The quantitative estimate of drug-likeness (QED) is 0.779. The second kappa shape index (κ2) is 6.04. The number of hydrogen-bond donors (Lipinski definition) is 1. The molecule has 0 saturated heterocycles. The average molecular weight is 392 g/mol. The van der Waals surface area contributed by atoms with Gasteiger partial charge in [-0.05, 0) is 69.6 Å². The molecule has 5 heteroatoms. The lowest BCUT2D eigenvalue weighted by Crippen LogP contribution is -2.23. The molecule has 2 rings (SSSR count). The van der Waals surface area contributed by atoms with Gasteiger partial charge in [0.1, 0.15) is 0 Å². The summed E-state index contributed by atoms with van der Waals surface area (Å²) in [6.07, 6.45) is 0. The zero-order valence-electron chi connectivity index (χ0n) is 9.67. The van der Waals surface area contributed by atoms with Crippen molar-refractivity contribution in [2.75, 3.05) is 0 Å². The second-order valence-electron chi connectivity index (χ2n) is 3.89. The number of benzene rings is 1. The summed E-state index contributed by atoms with van der Waals surface area (Å²) in [4.78, 5) is 12.1. The maximum atomic E-state index is 12.1. The van der Waals surface area contributed by atoms with Gasteiger partial charge in [0.2, 0.25) is 0 Å². The highest BCUT2D eigenvalue weighted by Crippen LogP contribution is 2.18. The number of carbonyl (C=O) groups excluding carboxylic acids is 1. The molecule has 1 amide bonds. The van der Waals surface area contributed by atoms with E-state index in [2.05, 4.69) is 38.7 Å². The fourth-order valence-electron chi connectivity index (χ4n) is 1.51. The van der Waals surface area contributed by atoms with Gasteiger partial charge >= 0.3 is 0 Å². The molecule has 0 unspecified atom stereocenters. The molecule has 2 aromatic rings. The molecule has 0 aliphatic heterocycles. The molecule has 0 atom stereocenters. The first-order valence-electron chi connectivity index (χ1n) is 5.33. The first-order valence-corrected chi connectivity index (χ1v) is 7.73. The largest absolute Gasteiger partial charge is 0.348 e. The van der Waals surface area contributed by atoms with Crippen LogP contribution in [-0.2, 0) is 6.54 Å². The van der Waals surface area contributed by atoms with Gasteiger partial charge < -0.3 is 5.32 Å². The summed E-state index contributed by atoms with van der Waals surface area (Å²) in [6.45, 7) is 2.60. The normalized spacial score (nSPS) is 10.4. The van der Waals surface area contributed by atoms with E-state index in [1.807, 2.05) is 13.0 Å². The van der Waals surface area contributed by atoms with E-state index >= 15 is 0 Å². The molecular formula is C13H11ClINOS. The van der Waals surface area contributed by atoms with Crippen LogP contribution >= 0.6 is 45.5 Å². The number of rotatable bonds is 3. The van der Waals surface area contributed by atoms with E-state index in [4.69, 9.17) is 11.6 Å². The van der Waals surface area contributed by atoms with Crippen LogP contribution in [0.4, 0.5) is 0 Å². The highest BCUT2D eigenvalue weighted by Gasteiger charge is 2.10. The Bertz CT molecular complexity index is 582. The smallest absolute Gasteiger partial charge is 0.252 e. The predicted molar refractivity (Wildman–Crippen MR) is 84.4 cm³/mol. The highest BCUT2D eigenvalue weighted by molar-refractivity contribution is 14.1. The molecule has 18 heavy (non-hydrogen) atoms. The lowest BCUT2D eigenvalue weighted by atomic mass is 10.2. The summed E-state index contributed by atoms with van der Waals surface area (Å²) in [6, 6.07) is 5.32. The third-order valence-corrected chi connectivity index (χ3v) is 4.66. The van der Waals surface area contributed by atoms with E-state index in [-0.39, 0.29) is 5.91 Å². The molecule has 0 aliphatic rings. The van der Waals surface area contributed by atoms with Crippen LogP contribution in [0.25, 0.3) is 0 Å². The fourth-order valence-corrected chi connectivity index (χ4v) is 3.12. The molecule has 0 fully saturated rings. The summed E-state index contributed by atoms with van der Waals surface area (Å²) in [7, 11) is 0. The maximum absolute atomic E-state index is 12.1. The Hall–Kier alpha value is -0.590. The Morgan fingerprint density at radius 1 is 1.44 bits per heavy atom. The summed E-state index contributed by atoms with van der Waals surface area (Å²) in [5.74, 6) is -0.0903. The molecular weight excluding hydrogens is 381 g/mol. The van der Waals surface area contributed by atoms with Crippen molar-refractivity contribution >= 4 is 51.4 Å². The second-order valence-corrected chi connectivity index (χ2v) is 6.23. The lowest BCUT2D eigenvalue weighted by molar-refractivity contribution is 0.0950. The van der Waals surface area contributed by atoms with Gasteiger partial charge in [0.25, 0.3) is 5.91 Å². The molecule has 94 valence electrons. The van der Waals surface area contributed by atoms with Gasteiger partial charge in [-0.3, -0.25) is 4.79 Å². The molecule has 0 spiro atoms. The van der Waals surface area contributed by atoms with Crippen molar-refractivity contribution in [1.29, 1.82) is 0 Å². The first kappa shape index (κ1) is 13.8. The van der Waals surface area contributed by atoms with E-state index in [1.54, 1.807) is 23.5 Å². The van der Waals surface area contributed by atoms with Gasteiger partial charge in [-0.25, -0.2) is 0 Å². The van der Waals surface area contributed by atoms with Gasteiger partial charge in [-0.15, -0.1) is 0 Å². The number of aryl methyl sites for hydroxylation is 1. The van der Waals surface area contributed by atoms with Crippen molar-refractivity contribution in [3.05, 3.63) is 54.2 Å². The minimum Gasteiger partial charge on any atom is -0.348 e. The van der Waals surface area contributed by atoms with Gasteiger partial charge in [-0.1, -0.05) is 11.6 Å². The molecule has 1 aromatic heterocycles. The Morgan fingerprint density at radius 2 is 2.22 bits per heavy atom. The van der Waals surface area contributed by atoms with Crippen molar-refractivity contribution in [1.82, 2.24) is 5.32 Å². The van der Waals surface area contributed by atoms with Crippen LogP contribution in [-0.4, -0.2) is 5.91 Å². The molecule has 1 N–H and O–H groups in total. The third-order valence-electron chi connectivity index (χ3n) is 2.57. The number of amides is 1. The van der Waals surface area contributed by atoms with Crippen molar-refractivity contribution in [3.8, 4) is 0 Å². The Balaban J connectivity index is 2.08. The molecule has 0 saturated carbocycles.